The number of ether oxygens (including phenoxy) is 1. The van der Waals surface area contributed by atoms with Gasteiger partial charge in [0.1, 0.15) is 21.1 Å². The molecule has 0 spiro atoms. The van der Waals surface area contributed by atoms with E-state index in [2.05, 4.69) is 15.2 Å². The summed E-state index contributed by atoms with van der Waals surface area (Å²) in [5.74, 6) is 0.313. The number of hydrogen-bond acceptors (Lipinski definition) is 8. The smallest absolute Gasteiger partial charge is 0.180 e. The highest BCUT2D eigenvalue weighted by molar-refractivity contribution is 7.92. The highest BCUT2D eigenvalue weighted by atomic mass is 32.2. The molecular formula is C18H23N3O5S3. The number of sulfone groups is 2. The van der Waals surface area contributed by atoms with Crippen LogP contribution in [-0.2, 0) is 26.1 Å². The van der Waals surface area contributed by atoms with Gasteiger partial charge in [-0.3, -0.25) is 5.10 Å². The van der Waals surface area contributed by atoms with Crippen molar-refractivity contribution in [2.75, 3.05) is 18.6 Å². The summed E-state index contributed by atoms with van der Waals surface area (Å²) in [6.45, 7) is 3.39. The van der Waals surface area contributed by atoms with Crippen LogP contribution in [0.15, 0.2) is 28.6 Å². The molecule has 0 aliphatic heterocycles. The highest BCUT2D eigenvalue weighted by Gasteiger charge is 2.23. The molecule has 158 valence electrons. The number of thiazole rings is 1. The maximum absolute atomic E-state index is 12.8. The fourth-order valence-electron chi connectivity index (χ4n) is 2.79. The van der Waals surface area contributed by atoms with Crippen LogP contribution in [0.4, 0.5) is 0 Å². The zero-order chi connectivity index (χ0) is 21.2. The van der Waals surface area contributed by atoms with E-state index in [1.54, 1.807) is 26.1 Å². The van der Waals surface area contributed by atoms with Crippen molar-refractivity contribution in [1.29, 1.82) is 0 Å². The van der Waals surface area contributed by atoms with E-state index in [-0.39, 0.29) is 17.3 Å². The molecule has 0 radical (unpaired) electrons. The van der Waals surface area contributed by atoms with Gasteiger partial charge in [0, 0.05) is 35.7 Å². The van der Waals surface area contributed by atoms with Crippen molar-refractivity contribution in [3.05, 3.63) is 34.4 Å². The molecule has 3 aromatic rings. The molecule has 1 N–H and O–H groups in total. The van der Waals surface area contributed by atoms with E-state index in [1.165, 1.54) is 23.7 Å². The third-order valence-corrected chi connectivity index (χ3v) is 8.30. The first-order valence-corrected chi connectivity index (χ1v) is 13.5. The maximum Gasteiger partial charge on any atom is 0.180 e. The Hall–Kier alpha value is -1.98. The van der Waals surface area contributed by atoms with Crippen LogP contribution >= 0.6 is 11.3 Å². The van der Waals surface area contributed by atoms with Gasteiger partial charge in [-0.1, -0.05) is 0 Å². The lowest BCUT2D eigenvalue weighted by atomic mass is 10.1. The van der Waals surface area contributed by atoms with E-state index in [0.29, 0.717) is 29.5 Å². The lowest BCUT2D eigenvalue weighted by molar-refractivity contribution is 0.320. The maximum atomic E-state index is 12.8. The number of aromatic nitrogens is 3. The summed E-state index contributed by atoms with van der Waals surface area (Å²) < 4.78 is 53.9. The summed E-state index contributed by atoms with van der Waals surface area (Å²) in [5.41, 5.74) is 1.26. The summed E-state index contributed by atoms with van der Waals surface area (Å²) in [6, 6.07) is 3.08. The van der Waals surface area contributed by atoms with Crippen molar-refractivity contribution in [2.45, 2.75) is 36.8 Å². The molecule has 0 saturated carbocycles. The Morgan fingerprint density at radius 3 is 2.59 bits per heavy atom. The van der Waals surface area contributed by atoms with Gasteiger partial charge in [0.25, 0.3) is 0 Å². The van der Waals surface area contributed by atoms with E-state index in [1.807, 2.05) is 5.38 Å². The Morgan fingerprint density at radius 2 is 1.97 bits per heavy atom. The third kappa shape index (κ3) is 5.14. The van der Waals surface area contributed by atoms with E-state index in [9.17, 15) is 16.8 Å². The molecule has 11 heteroatoms. The summed E-state index contributed by atoms with van der Waals surface area (Å²) in [5, 5.41) is 10.1. The van der Waals surface area contributed by atoms with Gasteiger partial charge in [0.15, 0.2) is 9.84 Å². The number of fused-ring (bicyclic) bond motifs is 1. The van der Waals surface area contributed by atoms with Gasteiger partial charge in [-0.25, -0.2) is 21.8 Å². The molecular weight excluding hydrogens is 434 g/mol. The normalized spacial score (nSPS) is 12.7. The first kappa shape index (κ1) is 21.7. The molecule has 0 saturated heterocycles. The second-order valence-corrected chi connectivity index (χ2v) is 12.8. The third-order valence-electron chi connectivity index (χ3n) is 4.35. The van der Waals surface area contributed by atoms with Crippen LogP contribution in [0.1, 0.15) is 31.0 Å². The van der Waals surface area contributed by atoms with Crippen LogP contribution in [0.3, 0.4) is 0 Å². The molecule has 0 unspecified atom stereocenters. The quantitative estimate of drug-likeness (QED) is 0.491. The van der Waals surface area contributed by atoms with Crippen LogP contribution < -0.4 is 4.74 Å². The molecule has 0 fully saturated rings. The number of nitrogens with zero attached hydrogens (tertiary/aromatic N) is 2. The second kappa shape index (κ2) is 8.41. The van der Waals surface area contributed by atoms with Crippen molar-refractivity contribution in [3.8, 4) is 5.75 Å². The Kier molecular flexibility index (Phi) is 6.30. The Labute approximate surface area is 174 Å². The van der Waals surface area contributed by atoms with Gasteiger partial charge in [-0.2, -0.15) is 5.10 Å². The van der Waals surface area contributed by atoms with Crippen molar-refractivity contribution in [1.82, 2.24) is 15.2 Å². The van der Waals surface area contributed by atoms with Crippen molar-refractivity contribution in [3.63, 3.8) is 0 Å². The van der Waals surface area contributed by atoms with Crippen molar-refractivity contribution in [2.24, 2.45) is 0 Å². The predicted octanol–water partition coefficient (Wildman–Crippen LogP) is 2.61. The number of rotatable bonds is 9. The Balaban J connectivity index is 2.00. The van der Waals surface area contributed by atoms with Gasteiger partial charge >= 0.3 is 0 Å². The zero-order valence-electron chi connectivity index (χ0n) is 16.4. The zero-order valence-corrected chi connectivity index (χ0v) is 18.8. The minimum atomic E-state index is -3.53. The second-order valence-electron chi connectivity index (χ2n) is 7.05. The van der Waals surface area contributed by atoms with Gasteiger partial charge < -0.3 is 4.74 Å². The molecule has 0 aliphatic rings. The molecule has 0 amide bonds. The average Bonchev–Trinajstić information content (AvgIpc) is 3.28. The van der Waals surface area contributed by atoms with Gasteiger partial charge in [0.2, 0.25) is 0 Å². The molecule has 29 heavy (non-hydrogen) atoms. The highest BCUT2D eigenvalue weighted by Crippen LogP contribution is 2.32. The van der Waals surface area contributed by atoms with Gasteiger partial charge in [-0.05, 0) is 26.3 Å². The SMILES string of the molecule is CC(C)S(=O)(=O)c1cc(OCCCS(C)(=O)=O)c2n[nH]c(Cc3nccs3)c2c1. The summed E-state index contributed by atoms with van der Waals surface area (Å²) in [4.78, 5) is 4.42. The van der Waals surface area contributed by atoms with Crippen LogP contribution in [0.2, 0.25) is 0 Å². The van der Waals surface area contributed by atoms with Crippen LogP contribution in [0.5, 0.6) is 5.75 Å². The topological polar surface area (TPSA) is 119 Å². The Morgan fingerprint density at radius 1 is 1.21 bits per heavy atom. The average molecular weight is 458 g/mol. The van der Waals surface area contributed by atoms with E-state index < -0.39 is 24.9 Å². The van der Waals surface area contributed by atoms with E-state index in [4.69, 9.17) is 4.74 Å². The molecule has 8 nitrogen and oxygen atoms in total. The van der Waals surface area contributed by atoms with E-state index in [0.717, 1.165) is 10.7 Å². The number of aromatic amines is 1. The molecule has 2 heterocycles. The van der Waals surface area contributed by atoms with Crippen LogP contribution in [0, 0.1) is 0 Å². The summed E-state index contributed by atoms with van der Waals surface area (Å²) in [7, 11) is -6.62. The lowest BCUT2D eigenvalue weighted by Crippen LogP contribution is -2.14. The molecule has 0 bridgehead atoms. The monoisotopic (exact) mass is 457 g/mol. The molecule has 0 atom stereocenters. The van der Waals surface area contributed by atoms with Crippen LogP contribution in [0.25, 0.3) is 10.9 Å². The molecule has 3 rings (SSSR count). The fourth-order valence-corrected chi connectivity index (χ4v) is 5.16. The van der Waals surface area contributed by atoms with E-state index >= 15 is 0 Å². The first-order chi connectivity index (χ1) is 13.6. The number of hydrogen-bond donors (Lipinski definition) is 1. The molecule has 0 aliphatic carbocycles. The number of H-pyrrole nitrogens is 1. The predicted molar refractivity (Wildman–Crippen MR) is 113 cm³/mol. The summed E-state index contributed by atoms with van der Waals surface area (Å²) >= 11 is 1.50. The summed E-state index contributed by atoms with van der Waals surface area (Å²) in [6.07, 6.45) is 3.67. The number of nitrogens with one attached hydrogen (secondary N) is 1. The minimum Gasteiger partial charge on any atom is -0.491 e. The standard InChI is InChI=1S/C18H23N3O5S3/c1-12(2)29(24,25)13-9-14-15(11-17-19-5-7-27-17)20-21-18(14)16(10-13)26-6-4-8-28(3,22)23/h5,7,9-10,12H,4,6,8,11H2,1-3H3,(H,20,21). The molecule has 1 aromatic carbocycles. The lowest BCUT2D eigenvalue weighted by Gasteiger charge is -2.12. The molecule has 2 aromatic heterocycles. The van der Waals surface area contributed by atoms with Gasteiger partial charge in [0.05, 0.1) is 33.2 Å². The van der Waals surface area contributed by atoms with Crippen LogP contribution in [-0.4, -0.2) is 55.9 Å². The fraction of sp³-hybridized carbons (Fsp3) is 0.444. The Bertz CT molecular complexity index is 1200. The van der Waals surface area contributed by atoms with Crippen molar-refractivity contribution < 1.29 is 21.6 Å². The van der Waals surface area contributed by atoms with Gasteiger partial charge in [-0.15, -0.1) is 11.3 Å². The van der Waals surface area contributed by atoms with Crippen molar-refractivity contribution >= 4 is 41.9 Å². The largest absolute Gasteiger partial charge is 0.491 e. The minimum absolute atomic E-state index is 0.00398. The first-order valence-electron chi connectivity index (χ1n) is 9.01. The number of benzene rings is 1.